The highest BCUT2D eigenvalue weighted by atomic mass is 16.6. The van der Waals surface area contributed by atoms with E-state index in [1.54, 1.807) is 12.1 Å². The first-order valence-electron chi connectivity index (χ1n) is 9.00. The zero-order valence-electron chi connectivity index (χ0n) is 15.3. The van der Waals surface area contributed by atoms with E-state index in [0.717, 1.165) is 49.5 Å². The highest BCUT2D eigenvalue weighted by molar-refractivity contribution is 5.78. The number of hydrogen-bond acceptors (Lipinski definition) is 5. The van der Waals surface area contributed by atoms with Gasteiger partial charge in [-0.15, -0.1) is 0 Å². The summed E-state index contributed by atoms with van der Waals surface area (Å²) in [5.74, 6) is 1.02. The minimum Gasteiger partial charge on any atom is -0.327 e. The molecule has 1 saturated heterocycles. The van der Waals surface area contributed by atoms with Crippen LogP contribution in [-0.2, 0) is 6.54 Å². The van der Waals surface area contributed by atoms with E-state index >= 15 is 0 Å². The molecular formula is C18H27N5O2. The lowest BCUT2D eigenvalue weighted by Gasteiger charge is -2.24. The molecular weight excluding hydrogens is 318 g/mol. The van der Waals surface area contributed by atoms with Gasteiger partial charge < -0.3 is 9.47 Å². The summed E-state index contributed by atoms with van der Waals surface area (Å²) < 4.78 is 2.26. The fourth-order valence-corrected chi connectivity index (χ4v) is 3.64. The zero-order valence-corrected chi connectivity index (χ0v) is 15.3. The van der Waals surface area contributed by atoms with Crippen LogP contribution in [0.25, 0.3) is 11.0 Å². The first-order valence-corrected chi connectivity index (χ1v) is 9.00. The summed E-state index contributed by atoms with van der Waals surface area (Å²) in [6.07, 6.45) is 3.49. The number of fused-ring (bicyclic) bond motifs is 1. The normalized spacial score (nSPS) is 16.8. The molecule has 0 radical (unpaired) electrons. The lowest BCUT2D eigenvalue weighted by molar-refractivity contribution is -0.384. The Bertz CT molecular complexity index is 749. The topological polar surface area (TPSA) is 67.4 Å². The van der Waals surface area contributed by atoms with Gasteiger partial charge >= 0.3 is 0 Å². The number of rotatable bonds is 7. The molecule has 0 amide bonds. The summed E-state index contributed by atoms with van der Waals surface area (Å²) in [6.45, 7) is 6.28. The third-order valence-corrected chi connectivity index (χ3v) is 5.02. The van der Waals surface area contributed by atoms with Crippen molar-refractivity contribution >= 4 is 16.7 Å². The van der Waals surface area contributed by atoms with Gasteiger partial charge in [-0.1, -0.05) is 0 Å². The van der Waals surface area contributed by atoms with Crippen molar-refractivity contribution in [2.45, 2.75) is 38.8 Å². The molecule has 0 bridgehead atoms. The number of nitro groups is 1. The van der Waals surface area contributed by atoms with Crippen molar-refractivity contribution in [3.8, 4) is 0 Å². The van der Waals surface area contributed by atoms with E-state index < -0.39 is 0 Å². The number of aryl methyl sites for hydroxylation is 1. The van der Waals surface area contributed by atoms with Gasteiger partial charge in [-0.3, -0.25) is 15.0 Å². The Hall–Kier alpha value is -1.99. The molecule has 1 unspecified atom stereocenters. The molecule has 25 heavy (non-hydrogen) atoms. The summed E-state index contributed by atoms with van der Waals surface area (Å²) in [7, 11) is 4.15. The van der Waals surface area contributed by atoms with Crippen LogP contribution in [0.4, 0.5) is 5.69 Å². The van der Waals surface area contributed by atoms with Crippen LogP contribution in [0.15, 0.2) is 18.2 Å². The monoisotopic (exact) mass is 345 g/mol. The van der Waals surface area contributed by atoms with Crippen molar-refractivity contribution < 1.29 is 4.92 Å². The SMILES string of the molecule is CC(c1nc2cc([N+](=O)[O-])ccc2n1CCCN(C)C)N1CCCC1. The Labute approximate surface area is 148 Å². The van der Waals surface area contributed by atoms with Crippen LogP contribution in [0.2, 0.25) is 0 Å². The number of imidazole rings is 1. The fraction of sp³-hybridized carbons (Fsp3) is 0.611. The van der Waals surface area contributed by atoms with E-state index in [1.165, 1.54) is 12.8 Å². The van der Waals surface area contributed by atoms with Crippen molar-refractivity contribution in [2.75, 3.05) is 33.7 Å². The minimum atomic E-state index is -0.353. The average Bonchev–Trinajstić information content (AvgIpc) is 3.21. The molecule has 2 heterocycles. The molecule has 0 aliphatic carbocycles. The summed E-state index contributed by atoms with van der Waals surface area (Å²) in [5.41, 5.74) is 1.82. The molecule has 1 atom stereocenters. The predicted octanol–water partition coefficient (Wildman–Crippen LogP) is 3.05. The maximum Gasteiger partial charge on any atom is 0.271 e. The van der Waals surface area contributed by atoms with Gasteiger partial charge in [0.1, 0.15) is 5.82 Å². The van der Waals surface area contributed by atoms with Crippen LogP contribution < -0.4 is 0 Å². The maximum absolute atomic E-state index is 11.1. The Morgan fingerprint density at radius 3 is 2.68 bits per heavy atom. The molecule has 1 aliphatic rings. The number of non-ortho nitro benzene ring substituents is 1. The van der Waals surface area contributed by atoms with Gasteiger partial charge in [0.15, 0.2) is 0 Å². The minimum absolute atomic E-state index is 0.103. The third-order valence-electron chi connectivity index (χ3n) is 5.02. The molecule has 0 spiro atoms. The largest absolute Gasteiger partial charge is 0.327 e. The van der Waals surface area contributed by atoms with E-state index in [4.69, 9.17) is 4.98 Å². The molecule has 1 aromatic heterocycles. The standard InChI is InChI=1S/C18H27N5O2/c1-14(21-10-4-5-11-21)18-19-16-13-15(23(24)25)7-8-17(16)22(18)12-6-9-20(2)3/h7-8,13-14H,4-6,9-12H2,1-3H3. The summed E-state index contributed by atoms with van der Waals surface area (Å²) in [5, 5.41) is 11.1. The molecule has 1 aliphatic heterocycles. The lowest BCUT2D eigenvalue weighted by atomic mass is 10.2. The van der Waals surface area contributed by atoms with Crippen LogP contribution in [0.5, 0.6) is 0 Å². The molecule has 1 fully saturated rings. The summed E-state index contributed by atoms with van der Waals surface area (Å²) >= 11 is 0. The highest BCUT2D eigenvalue weighted by Gasteiger charge is 2.25. The highest BCUT2D eigenvalue weighted by Crippen LogP contribution is 2.29. The summed E-state index contributed by atoms with van der Waals surface area (Å²) in [4.78, 5) is 20.2. The molecule has 7 nitrogen and oxygen atoms in total. The maximum atomic E-state index is 11.1. The Kier molecular flexibility index (Phi) is 5.34. The van der Waals surface area contributed by atoms with Gasteiger partial charge in [0.05, 0.1) is 22.0 Å². The van der Waals surface area contributed by atoms with Crippen molar-refractivity contribution in [3.05, 3.63) is 34.1 Å². The lowest BCUT2D eigenvalue weighted by Crippen LogP contribution is -2.26. The number of nitrogens with zero attached hydrogens (tertiary/aromatic N) is 5. The molecule has 7 heteroatoms. The van der Waals surface area contributed by atoms with E-state index in [-0.39, 0.29) is 16.7 Å². The number of likely N-dealkylation sites (tertiary alicyclic amines) is 1. The number of benzene rings is 1. The molecule has 3 rings (SSSR count). The molecule has 0 saturated carbocycles. The first kappa shape index (κ1) is 17.8. The van der Waals surface area contributed by atoms with E-state index in [1.807, 2.05) is 6.07 Å². The molecule has 1 aromatic carbocycles. The third kappa shape index (κ3) is 3.82. The number of aromatic nitrogens is 2. The van der Waals surface area contributed by atoms with E-state index in [9.17, 15) is 10.1 Å². The van der Waals surface area contributed by atoms with Crippen LogP contribution in [0.1, 0.15) is 38.1 Å². The average molecular weight is 345 g/mol. The fourth-order valence-electron chi connectivity index (χ4n) is 3.64. The first-order chi connectivity index (χ1) is 12.0. The smallest absolute Gasteiger partial charge is 0.271 e. The van der Waals surface area contributed by atoms with Crippen molar-refractivity contribution in [2.24, 2.45) is 0 Å². The number of hydrogen-bond donors (Lipinski definition) is 0. The molecule has 2 aromatic rings. The Morgan fingerprint density at radius 2 is 2.04 bits per heavy atom. The second kappa shape index (κ2) is 7.49. The van der Waals surface area contributed by atoms with Gasteiger partial charge in [-0.05, 0) is 66.0 Å². The van der Waals surface area contributed by atoms with Crippen molar-refractivity contribution in [3.63, 3.8) is 0 Å². The second-order valence-electron chi connectivity index (χ2n) is 7.13. The van der Waals surface area contributed by atoms with Crippen LogP contribution in [0, 0.1) is 10.1 Å². The predicted molar refractivity (Wildman–Crippen MR) is 98.8 cm³/mol. The van der Waals surface area contributed by atoms with Crippen LogP contribution in [-0.4, -0.2) is 58.0 Å². The van der Waals surface area contributed by atoms with Crippen LogP contribution in [0.3, 0.4) is 0 Å². The Balaban J connectivity index is 1.97. The van der Waals surface area contributed by atoms with Gasteiger partial charge in [-0.2, -0.15) is 0 Å². The van der Waals surface area contributed by atoms with Crippen molar-refractivity contribution in [1.29, 1.82) is 0 Å². The van der Waals surface area contributed by atoms with Gasteiger partial charge in [0.25, 0.3) is 5.69 Å². The molecule has 0 N–H and O–H groups in total. The number of nitro benzene ring substituents is 1. The summed E-state index contributed by atoms with van der Waals surface area (Å²) in [6, 6.07) is 5.25. The Morgan fingerprint density at radius 1 is 1.32 bits per heavy atom. The van der Waals surface area contributed by atoms with Crippen molar-refractivity contribution in [1.82, 2.24) is 19.4 Å². The van der Waals surface area contributed by atoms with Crippen LogP contribution >= 0.6 is 0 Å². The molecule has 136 valence electrons. The van der Waals surface area contributed by atoms with Gasteiger partial charge in [-0.25, -0.2) is 4.98 Å². The van der Waals surface area contributed by atoms with E-state index in [0.29, 0.717) is 0 Å². The van der Waals surface area contributed by atoms with Gasteiger partial charge in [0.2, 0.25) is 0 Å². The van der Waals surface area contributed by atoms with E-state index in [2.05, 4.69) is 35.4 Å². The quantitative estimate of drug-likeness (QED) is 0.570. The zero-order chi connectivity index (χ0) is 18.0. The second-order valence-corrected chi connectivity index (χ2v) is 7.13. The van der Waals surface area contributed by atoms with Gasteiger partial charge in [0, 0.05) is 18.7 Å².